The first-order chi connectivity index (χ1) is 10.2. The second-order valence-electron chi connectivity index (χ2n) is 5.03. The van der Waals surface area contributed by atoms with Crippen LogP contribution in [0.1, 0.15) is 17.3 Å². The molecule has 2 aromatic carbocycles. The number of fused-ring (bicyclic) bond motifs is 1. The highest BCUT2D eigenvalue weighted by atomic mass is 79.9. The molecule has 0 atom stereocenters. The molecule has 1 heterocycles. The maximum Gasteiger partial charge on any atom is 0.258 e. The molecule has 1 aliphatic rings. The molecule has 0 spiro atoms. The molecule has 108 valence electrons. The van der Waals surface area contributed by atoms with E-state index in [0.29, 0.717) is 0 Å². The van der Waals surface area contributed by atoms with Gasteiger partial charge in [-0.25, -0.2) is 0 Å². The minimum atomic E-state index is 0.0608. The van der Waals surface area contributed by atoms with E-state index in [-0.39, 0.29) is 5.91 Å². The van der Waals surface area contributed by atoms with E-state index < -0.39 is 0 Å². The Morgan fingerprint density at radius 1 is 1.05 bits per heavy atom. The van der Waals surface area contributed by atoms with Crippen molar-refractivity contribution in [1.82, 2.24) is 0 Å². The van der Waals surface area contributed by atoms with Gasteiger partial charge in [-0.05, 0) is 43.3 Å². The van der Waals surface area contributed by atoms with Gasteiger partial charge < -0.3 is 9.80 Å². The van der Waals surface area contributed by atoms with Crippen LogP contribution in [-0.2, 0) is 0 Å². The number of hydrogen-bond donors (Lipinski definition) is 0. The van der Waals surface area contributed by atoms with E-state index in [9.17, 15) is 4.79 Å². The van der Waals surface area contributed by atoms with Gasteiger partial charge in [0.25, 0.3) is 5.91 Å². The average Bonchev–Trinajstić information content (AvgIpc) is 2.54. The summed E-state index contributed by atoms with van der Waals surface area (Å²) in [6.45, 7) is 4.69. The highest BCUT2D eigenvalue weighted by Gasteiger charge is 2.26. The maximum absolute atomic E-state index is 12.8. The van der Waals surface area contributed by atoms with Crippen LogP contribution in [-0.4, -0.2) is 25.5 Å². The molecule has 2 aromatic rings. The van der Waals surface area contributed by atoms with Crippen LogP contribution in [0.5, 0.6) is 0 Å². The summed E-state index contributed by atoms with van der Waals surface area (Å²) in [7, 11) is 0. The molecule has 0 saturated heterocycles. The topological polar surface area (TPSA) is 23.6 Å². The van der Waals surface area contributed by atoms with Crippen molar-refractivity contribution in [2.24, 2.45) is 0 Å². The Morgan fingerprint density at radius 2 is 1.71 bits per heavy atom. The summed E-state index contributed by atoms with van der Waals surface area (Å²) < 4.78 is 0.982. The van der Waals surface area contributed by atoms with Gasteiger partial charge in [0.05, 0.1) is 11.4 Å². The number of likely N-dealkylation sites (N-methyl/N-ethyl adjacent to an activating group) is 1. The van der Waals surface area contributed by atoms with Gasteiger partial charge in [0.1, 0.15) is 0 Å². The minimum absolute atomic E-state index is 0.0608. The largest absolute Gasteiger partial charge is 0.368 e. The van der Waals surface area contributed by atoms with Crippen LogP contribution < -0.4 is 9.80 Å². The Hall–Kier alpha value is -1.81. The van der Waals surface area contributed by atoms with E-state index in [1.165, 1.54) is 0 Å². The fraction of sp³-hybridized carbons (Fsp3) is 0.235. The first-order valence-electron chi connectivity index (χ1n) is 7.12. The number of hydrogen-bond acceptors (Lipinski definition) is 2. The number of halogens is 1. The summed E-state index contributed by atoms with van der Waals surface area (Å²) in [4.78, 5) is 16.9. The second-order valence-corrected chi connectivity index (χ2v) is 5.95. The van der Waals surface area contributed by atoms with Gasteiger partial charge in [0, 0.05) is 29.7 Å². The zero-order chi connectivity index (χ0) is 14.8. The van der Waals surface area contributed by atoms with Gasteiger partial charge in [-0.2, -0.15) is 0 Å². The lowest BCUT2D eigenvalue weighted by Crippen LogP contribution is -2.44. The summed E-state index contributed by atoms with van der Waals surface area (Å²) in [5, 5.41) is 0. The van der Waals surface area contributed by atoms with Crippen molar-refractivity contribution in [1.29, 1.82) is 0 Å². The second kappa shape index (κ2) is 5.90. The number of anilines is 2. The maximum atomic E-state index is 12.8. The van der Waals surface area contributed by atoms with Crippen molar-refractivity contribution in [2.75, 3.05) is 29.4 Å². The molecule has 3 nitrogen and oxygen atoms in total. The number of carbonyl (C=O) groups is 1. The van der Waals surface area contributed by atoms with Crippen LogP contribution in [0, 0.1) is 0 Å². The predicted molar refractivity (Wildman–Crippen MR) is 90.1 cm³/mol. The number of amides is 1. The SMILES string of the molecule is CCN1CCN(C(=O)c2ccc(Br)cc2)c2ccccc21. The summed E-state index contributed by atoms with van der Waals surface area (Å²) in [6, 6.07) is 15.6. The van der Waals surface area contributed by atoms with Crippen molar-refractivity contribution in [3.8, 4) is 0 Å². The Morgan fingerprint density at radius 3 is 2.38 bits per heavy atom. The van der Waals surface area contributed by atoms with Crippen molar-refractivity contribution >= 4 is 33.2 Å². The lowest BCUT2D eigenvalue weighted by atomic mass is 10.1. The monoisotopic (exact) mass is 344 g/mol. The zero-order valence-electron chi connectivity index (χ0n) is 11.9. The molecule has 0 aliphatic carbocycles. The third-order valence-electron chi connectivity index (χ3n) is 3.82. The van der Waals surface area contributed by atoms with Gasteiger partial charge >= 0.3 is 0 Å². The minimum Gasteiger partial charge on any atom is -0.368 e. The van der Waals surface area contributed by atoms with Crippen LogP contribution in [0.3, 0.4) is 0 Å². The molecule has 0 aromatic heterocycles. The van der Waals surface area contributed by atoms with Crippen LogP contribution in [0.15, 0.2) is 53.0 Å². The van der Waals surface area contributed by atoms with Crippen LogP contribution in [0.25, 0.3) is 0 Å². The Bertz CT molecular complexity index is 654. The molecule has 0 fully saturated rings. The predicted octanol–water partition coefficient (Wildman–Crippen LogP) is 3.94. The number of nitrogens with zero attached hydrogens (tertiary/aromatic N) is 2. The molecule has 21 heavy (non-hydrogen) atoms. The van der Waals surface area contributed by atoms with Crippen LogP contribution in [0.2, 0.25) is 0 Å². The van der Waals surface area contributed by atoms with Crippen LogP contribution in [0.4, 0.5) is 11.4 Å². The Balaban J connectivity index is 1.96. The summed E-state index contributed by atoms with van der Waals surface area (Å²) >= 11 is 3.40. The fourth-order valence-corrected chi connectivity index (χ4v) is 2.97. The lowest BCUT2D eigenvalue weighted by molar-refractivity contribution is 0.0986. The highest BCUT2D eigenvalue weighted by Crippen LogP contribution is 2.33. The highest BCUT2D eigenvalue weighted by molar-refractivity contribution is 9.10. The number of rotatable bonds is 2. The first-order valence-corrected chi connectivity index (χ1v) is 7.91. The molecule has 3 rings (SSSR count). The van der Waals surface area contributed by atoms with E-state index >= 15 is 0 Å². The molecule has 0 saturated carbocycles. The standard InChI is InChI=1S/C17H17BrN2O/c1-2-19-11-12-20(16-6-4-3-5-15(16)19)17(21)13-7-9-14(18)10-8-13/h3-10H,2,11-12H2,1H3. The third-order valence-corrected chi connectivity index (χ3v) is 4.35. The van der Waals surface area contributed by atoms with Gasteiger partial charge in [0.2, 0.25) is 0 Å². The van der Waals surface area contributed by atoms with Crippen molar-refractivity contribution < 1.29 is 4.79 Å². The molecule has 0 radical (unpaired) electrons. The normalized spacial score (nSPS) is 14.0. The van der Waals surface area contributed by atoms with E-state index in [1.807, 2.05) is 47.4 Å². The average molecular weight is 345 g/mol. The smallest absolute Gasteiger partial charge is 0.258 e. The van der Waals surface area contributed by atoms with Gasteiger partial charge in [0.15, 0.2) is 0 Å². The number of carbonyl (C=O) groups excluding carboxylic acids is 1. The Kier molecular flexibility index (Phi) is 3.97. The van der Waals surface area contributed by atoms with Gasteiger partial charge in [-0.3, -0.25) is 4.79 Å². The Labute approximate surface area is 133 Å². The molecule has 1 aliphatic heterocycles. The molecule has 0 N–H and O–H groups in total. The van der Waals surface area contributed by atoms with E-state index in [1.54, 1.807) is 0 Å². The van der Waals surface area contributed by atoms with Crippen molar-refractivity contribution in [3.05, 3.63) is 58.6 Å². The fourth-order valence-electron chi connectivity index (χ4n) is 2.71. The van der Waals surface area contributed by atoms with E-state index in [0.717, 1.165) is 41.0 Å². The molecular weight excluding hydrogens is 328 g/mol. The zero-order valence-corrected chi connectivity index (χ0v) is 13.5. The molecule has 4 heteroatoms. The number of benzene rings is 2. The summed E-state index contributed by atoms with van der Waals surface area (Å²) in [6.07, 6.45) is 0. The van der Waals surface area contributed by atoms with Crippen LogP contribution >= 0.6 is 15.9 Å². The lowest BCUT2D eigenvalue weighted by Gasteiger charge is -2.37. The van der Waals surface area contributed by atoms with Gasteiger partial charge in [-0.1, -0.05) is 28.1 Å². The third kappa shape index (κ3) is 2.68. The molecular formula is C17H17BrN2O. The number of para-hydroxylation sites is 2. The van der Waals surface area contributed by atoms with Gasteiger partial charge in [-0.15, -0.1) is 0 Å². The summed E-state index contributed by atoms with van der Waals surface area (Å²) in [5.41, 5.74) is 2.85. The quantitative estimate of drug-likeness (QED) is 0.823. The summed E-state index contributed by atoms with van der Waals surface area (Å²) in [5.74, 6) is 0.0608. The molecule has 0 unspecified atom stereocenters. The first kappa shape index (κ1) is 14.1. The molecule has 1 amide bonds. The van der Waals surface area contributed by atoms with E-state index in [2.05, 4.69) is 33.8 Å². The molecule has 0 bridgehead atoms. The van der Waals surface area contributed by atoms with Crippen molar-refractivity contribution in [3.63, 3.8) is 0 Å². The van der Waals surface area contributed by atoms with Crippen molar-refractivity contribution in [2.45, 2.75) is 6.92 Å². The van der Waals surface area contributed by atoms with E-state index in [4.69, 9.17) is 0 Å².